The van der Waals surface area contributed by atoms with Crippen LogP contribution in [0.4, 0.5) is 4.79 Å². The Morgan fingerprint density at radius 1 is 1.08 bits per heavy atom. The van der Waals surface area contributed by atoms with Crippen molar-refractivity contribution in [2.75, 3.05) is 20.1 Å². The molecule has 0 saturated carbocycles. The van der Waals surface area contributed by atoms with Crippen LogP contribution in [0.15, 0.2) is 54.6 Å². The smallest absolute Gasteiger partial charge is 0.407 e. The third-order valence-electron chi connectivity index (χ3n) is 4.69. The number of hydrogen-bond donors (Lipinski definition) is 1. The van der Waals surface area contributed by atoms with Crippen molar-refractivity contribution in [3.8, 4) is 0 Å². The van der Waals surface area contributed by atoms with Gasteiger partial charge in [-0.1, -0.05) is 41.9 Å². The fourth-order valence-electron chi connectivity index (χ4n) is 3.29. The summed E-state index contributed by atoms with van der Waals surface area (Å²) >= 11 is 5.96. The molecule has 5 nitrogen and oxygen atoms in total. The van der Waals surface area contributed by atoms with Crippen LogP contribution < -0.4 is 0 Å². The second kappa shape index (κ2) is 7.15. The van der Waals surface area contributed by atoms with E-state index in [2.05, 4.69) is 0 Å². The Morgan fingerprint density at radius 2 is 1.72 bits per heavy atom. The molecule has 6 heteroatoms. The van der Waals surface area contributed by atoms with E-state index in [0.717, 1.165) is 5.56 Å². The highest BCUT2D eigenvalue weighted by Gasteiger charge is 2.40. The van der Waals surface area contributed by atoms with E-state index in [0.29, 0.717) is 23.7 Å². The molecule has 1 aliphatic heterocycles. The summed E-state index contributed by atoms with van der Waals surface area (Å²) in [5.41, 5.74) is 1.59. The van der Waals surface area contributed by atoms with Crippen molar-refractivity contribution >= 4 is 23.6 Å². The van der Waals surface area contributed by atoms with Crippen molar-refractivity contribution < 1.29 is 14.7 Å². The summed E-state index contributed by atoms with van der Waals surface area (Å²) in [4.78, 5) is 27.2. The maximum absolute atomic E-state index is 12.8. The largest absolute Gasteiger partial charge is 0.465 e. The molecule has 2 aromatic carbocycles. The number of rotatable bonds is 3. The van der Waals surface area contributed by atoms with E-state index in [1.165, 1.54) is 4.90 Å². The van der Waals surface area contributed by atoms with Gasteiger partial charge in [0.25, 0.3) is 5.91 Å². The van der Waals surface area contributed by atoms with Crippen LogP contribution >= 0.6 is 11.6 Å². The van der Waals surface area contributed by atoms with Gasteiger partial charge in [-0.2, -0.15) is 0 Å². The molecule has 130 valence electrons. The van der Waals surface area contributed by atoms with Crippen molar-refractivity contribution in [1.82, 2.24) is 9.80 Å². The van der Waals surface area contributed by atoms with E-state index in [1.54, 1.807) is 36.2 Å². The molecular formula is C19H19ClN2O3. The normalized spacial score (nSPS) is 19.7. The van der Waals surface area contributed by atoms with E-state index >= 15 is 0 Å². The molecule has 0 bridgehead atoms. The minimum absolute atomic E-state index is 0.0825. The summed E-state index contributed by atoms with van der Waals surface area (Å²) < 4.78 is 0. The fourth-order valence-corrected chi connectivity index (χ4v) is 3.41. The van der Waals surface area contributed by atoms with Gasteiger partial charge in [-0.15, -0.1) is 0 Å². The first kappa shape index (κ1) is 17.3. The van der Waals surface area contributed by atoms with Crippen LogP contribution in [0.2, 0.25) is 5.02 Å². The Labute approximate surface area is 151 Å². The summed E-state index contributed by atoms with van der Waals surface area (Å²) in [6.45, 7) is 0.835. The fraction of sp³-hybridized carbons (Fsp3) is 0.263. The molecule has 3 rings (SSSR count). The molecule has 0 aromatic heterocycles. The second-order valence-electron chi connectivity index (χ2n) is 6.20. The molecular weight excluding hydrogens is 340 g/mol. The van der Waals surface area contributed by atoms with E-state index in [-0.39, 0.29) is 17.9 Å². The molecule has 2 atom stereocenters. The summed E-state index contributed by atoms with van der Waals surface area (Å²) in [5, 5.41) is 10.0. The number of benzene rings is 2. The van der Waals surface area contributed by atoms with Gasteiger partial charge < -0.3 is 14.9 Å². The lowest BCUT2D eigenvalue weighted by atomic mass is 9.94. The van der Waals surface area contributed by atoms with Crippen molar-refractivity contribution in [2.45, 2.75) is 12.0 Å². The molecule has 0 radical (unpaired) electrons. The van der Waals surface area contributed by atoms with Gasteiger partial charge in [-0.05, 0) is 29.8 Å². The van der Waals surface area contributed by atoms with Crippen LogP contribution in [0.3, 0.4) is 0 Å². The highest BCUT2D eigenvalue weighted by Crippen LogP contribution is 2.32. The van der Waals surface area contributed by atoms with E-state index in [9.17, 15) is 14.7 Å². The maximum atomic E-state index is 12.8. The average molecular weight is 359 g/mol. The Hall–Kier alpha value is -2.53. The molecule has 2 aromatic rings. The Bertz CT molecular complexity index is 764. The zero-order valence-corrected chi connectivity index (χ0v) is 14.6. The van der Waals surface area contributed by atoms with Crippen molar-refractivity contribution in [3.05, 3.63) is 70.7 Å². The third-order valence-corrected chi connectivity index (χ3v) is 4.95. The predicted molar refractivity (Wildman–Crippen MR) is 96.1 cm³/mol. The molecule has 1 aliphatic rings. The van der Waals surface area contributed by atoms with Gasteiger partial charge in [0.15, 0.2) is 0 Å². The van der Waals surface area contributed by atoms with Crippen LogP contribution in [0.1, 0.15) is 21.8 Å². The SMILES string of the molecule is CN(C(=O)O)C1CN(C(=O)c2ccccc2)CC1c1ccc(Cl)cc1. The minimum atomic E-state index is -1.00. The first-order valence-electron chi connectivity index (χ1n) is 8.03. The van der Waals surface area contributed by atoms with E-state index in [4.69, 9.17) is 11.6 Å². The number of carboxylic acid groups (broad SMARTS) is 1. The molecule has 1 saturated heterocycles. The topological polar surface area (TPSA) is 60.9 Å². The molecule has 1 fully saturated rings. The number of amides is 2. The number of likely N-dealkylation sites (N-methyl/N-ethyl adjacent to an activating group) is 1. The summed E-state index contributed by atoms with van der Waals surface area (Å²) in [6, 6.07) is 16.1. The lowest BCUT2D eigenvalue weighted by Crippen LogP contribution is -2.41. The Morgan fingerprint density at radius 3 is 2.32 bits per heavy atom. The number of carbonyl (C=O) groups excluding carboxylic acids is 1. The predicted octanol–water partition coefficient (Wildman–Crippen LogP) is 3.56. The molecule has 2 unspecified atom stereocenters. The van der Waals surface area contributed by atoms with Crippen LogP contribution in [0, 0.1) is 0 Å². The Kier molecular flexibility index (Phi) is 4.95. The number of likely N-dealkylation sites (tertiary alicyclic amines) is 1. The van der Waals surface area contributed by atoms with Gasteiger partial charge >= 0.3 is 6.09 Å². The first-order chi connectivity index (χ1) is 12.0. The van der Waals surface area contributed by atoms with Gasteiger partial charge in [-0.25, -0.2) is 4.79 Å². The quantitative estimate of drug-likeness (QED) is 0.912. The highest BCUT2D eigenvalue weighted by molar-refractivity contribution is 6.30. The third kappa shape index (κ3) is 3.61. The number of halogens is 1. The first-order valence-corrected chi connectivity index (χ1v) is 8.40. The highest BCUT2D eigenvalue weighted by atomic mass is 35.5. The van der Waals surface area contributed by atoms with Crippen molar-refractivity contribution in [3.63, 3.8) is 0 Å². The maximum Gasteiger partial charge on any atom is 0.407 e. The molecule has 25 heavy (non-hydrogen) atoms. The van der Waals surface area contributed by atoms with Crippen molar-refractivity contribution in [1.29, 1.82) is 0 Å². The van der Waals surface area contributed by atoms with Crippen LogP contribution in [-0.2, 0) is 0 Å². The van der Waals surface area contributed by atoms with E-state index < -0.39 is 6.09 Å². The second-order valence-corrected chi connectivity index (χ2v) is 6.63. The molecule has 0 spiro atoms. The van der Waals surface area contributed by atoms with Gasteiger partial charge in [0.1, 0.15) is 0 Å². The summed E-state index contributed by atoms with van der Waals surface area (Å²) in [5.74, 6) is -0.174. The molecule has 0 aliphatic carbocycles. The van der Waals surface area contributed by atoms with Gasteiger partial charge in [0.05, 0.1) is 6.04 Å². The molecule has 1 N–H and O–H groups in total. The zero-order chi connectivity index (χ0) is 18.0. The summed E-state index contributed by atoms with van der Waals surface area (Å²) in [7, 11) is 1.55. The molecule has 1 heterocycles. The average Bonchev–Trinajstić information content (AvgIpc) is 3.07. The number of carbonyl (C=O) groups is 2. The van der Waals surface area contributed by atoms with Crippen LogP contribution in [-0.4, -0.2) is 53.1 Å². The Balaban J connectivity index is 1.88. The monoisotopic (exact) mass is 358 g/mol. The number of nitrogens with zero attached hydrogens (tertiary/aromatic N) is 2. The van der Waals surface area contributed by atoms with E-state index in [1.807, 2.05) is 30.3 Å². The lowest BCUT2D eigenvalue weighted by Gasteiger charge is -2.26. The standard InChI is InChI=1S/C19H19ClN2O3/c1-21(19(24)25)17-12-22(18(23)14-5-3-2-4-6-14)11-16(17)13-7-9-15(20)10-8-13/h2-10,16-17H,11-12H2,1H3,(H,24,25). The van der Waals surface area contributed by atoms with Crippen LogP contribution in [0.5, 0.6) is 0 Å². The van der Waals surface area contributed by atoms with Gasteiger partial charge in [0.2, 0.25) is 0 Å². The lowest BCUT2D eigenvalue weighted by molar-refractivity contribution is 0.0776. The van der Waals surface area contributed by atoms with Gasteiger partial charge in [-0.3, -0.25) is 4.79 Å². The zero-order valence-electron chi connectivity index (χ0n) is 13.8. The van der Waals surface area contributed by atoms with Gasteiger partial charge in [0, 0.05) is 36.6 Å². The van der Waals surface area contributed by atoms with Crippen molar-refractivity contribution in [2.24, 2.45) is 0 Å². The number of hydrogen-bond acceptors (Lipinski definition) is 2. The minimum Gasteiger partial charge on any atom is -0.465 e. The molecule has 2 amide bonds. The van der Waals surface area contributed by atoms with Crippen LogP contribution in [0.25, 0.3) is 0 Å². The summed E-state index contributed by atoms with van der Waals surface area (Å²) in [6.07, 6.45) is -1.00.